The zero-order valence-corrected chi connectivity index (χ0v) is 17.6. The molecular formula is C24H21FN6O2. The number of hydrogen-bond donors (Lipinski definition) is 3. The van der Waals surface area contributed by atoms with Crippen LogP contribution in [0.3, 0.4) is 0 Å². The molecule has 9 heteroatoms. The van der Waals surface area contributed by atoms with Gasteiger partial charge in [0, 0.05) is 17.3 Å². The minimum absolute atomic E-state index is 0.179. The van der Waals surface area contributed by atoms with Crippen molar-refractivity contribution in [3.63, 3.8) is 0 Å². The number of hydrogen-bond acceptors (Lipinski definition) is 6. The first kappa shape index (κ1) is 20.6. The van der Waals surface area contributed by atoms with Crippen molar-refractivity contribution in [1.29, 1.82) is 0 Å². The van der Waals surface area contributed by atoms with Crippen LogP contribution >= 0.6 is 0 Å². The van der Waals surface area contributed by atoms with E-state index in [0.29, 0.717) is 28.0 Å². The minimum atomic E-state index is -0.589. The van der Waals surface area contributed by atoms with Gasteiger partial charge in [-0.3, -0.25) is 4.79 Å². The summed E-state index contributed by atoms with van der Waals surface area (Å²) in [6.45, 7) is 3.50. The molecule has 5 rings (SSSR count). The molecule has 0 saturated carbocycles. The summed E-state index contributed by atoms with van der Waals surface area (Å²) in [5, 5.41) is 18.0. The van der Waals surface area contributed by atoms with Gasteiger partial charge < -0.3 is 16.2 Å². The summed E-state index contributed by atoms with van der Waals surface area (Å²) in [6, 6.07) is 9.37. The number of carbonyl (C=O) groups excluding carboxylic acids is 1. The van der Waals surface area contributed by atoms with Gasteiger partial charge >= 0.3 is 0 Å². The first-order chi connectivity index (χ1) is 15.9. The summed E-state index contributed by atoms with van der Waals surface area (Å²) in [4.78, 5) is 20.3. The van der Waals surface area contributed by atoms with Gasteiger partial charge in [-0.05, 0) is 60.7 Å². The summed E-state index contributed by atoms with van der Waals surface area (Å²) in [5.74, 6) is -0.879. The van der Waals surface area contributed by atoms with Crippen LogP contribution < -0.4 is 11.1 Å². The number of nitrogens with one attached hydrogen (secondary N) is 1. The van der Waals surface area contributed by atoms with Crippen LogP contribution in [0.4, 0.5) is 15.9 Å². The lowest BCUT2D eigenvalue weighted by molar-refractivity contribution is -0.111. The minimum Gasteiger partial charge on any atom is -0.508 e. The Morgan fingerprint density at radius 2 is 2.12 bits per heavy atom. The predicted octanol–water partition coefficient (Wildman–Crippen LogP) is 3.97. The van der Waals surface area contributed by atoms with E-state index in [0.717, 1.165) is 36.5 Å². The number of nitrogens with two attached hydrogens (primary N) is 1. The average molecular weight is 444 g/mol. The van der Waals surface area contributed by atoms with Crippen LogP contribution in [0.15, 0.2) is 55.4 Å². The summed E-state index contributed by atoms with van der Waals surface area (Å²) in [5.41, 5.74) is 10.3. The number of aromatic hydroxyl groups is 1. The van der Waals surface area contributed by atoms with Crippen molar-refractivity contribution in [2.75, 3.05) is 11.1 Å². The van der Waals surface area contributed by atoms with Gasteiger partial charge in [-0.1, -0.05) is 12.6 Å². The van der Waals surface area contributed by atoms with Crippen LogP contribution in [0.25, 0.3) is 22.3 Å². The quantitative estimate of drug-likeness (QED) is 0.410. The molecule has 0 fully saturated rings. The zero-order chi connectivity index (χ0) is 23.1. The van der Waals surface area contributed by atoms with E-state index in [2.05, 4.69) is 21.9 Å². The monoisotopic (exact) mass is 444 g/mol. The highest BCUT2D eigenvalue weighted by atomic mass is 19.1. The van der Waals surface area contributed by atoms with Crippen LogP contribution in [0.1, 0.15) is 30.0 Å². The second kappa shape index (κ2) is 8.01. The number of nitrogen functional groups attached to an aromatic ring is 1. The molecule has 166 valence electrons. The van der Waals surface area contributed by atoms with Gasteiger partial charge in [0.25, 0.3) is 0 Å². The number of benzene rings is 2. The molecule has 0 radical (unpaired) electrons. The van der Waals surface area contributed by atoms with E-state index in [9.17, 15) is 14.3 Å². The fourth-order valence-electron chi connectivity index (χ4n) is 4.42. The number of amides is 1. The molecule has 0 aliphatic heterocycles. The number of nitrogens with zero attached hydrogens (tertiary/aromatic N) is 4. The van der Waals surface area contributed by atoms with Gasteiger partial charge in [0.05, 0.1) is 11.4 Å². The van der Waals surface area contributed by atoms with Crippen LogP contribution in [0.5, 0.6) is 5.75 Å². The number of halogens is 1. The highest BCUT2D eigenvalue weighted by Crippen LogP contribution is 2.39. The van der Waals surface area contributed by atoms with Crippen molar-refractivity contribution >= 4 is 28.4 Å². The molecule has 0 saturated heterocycles. The number of anilines is 2. The van der Waals surface area contributed by atoms with Crippen molar-refractivity contribution in [2.45, 2.75) is 25.3 Å². The van der Waals surface area contributed by atoms with E-state index >= 15 is 0 Å². The Labute approximate surface area is 188 Å². The van der Waals surface area contributed by atoms with Crippen LogP contribution in [-0.2, 0) is 11.2 Å². The Balaban J connectivity index is 1.69. The van der Waals surface area contributed by atoms with Crippen molar-refractivity contribution in [2.24, 2.45) is 0 Å². The van der Waals surface area contributed by atoms with Crippen molar-refractivity contribution in [3.05, 3.63) is 72.3 Å². The van der Waals surface area contributed by atoms with E-state index in [-0.39, 0.29) is 23.5 Å². The molecule has 8 nitrogen and oxygen atoms in total. The van der Waals surface area contributed by atoms with E-state index < -0.39 is 5.82 Å². The average Bonchev–Trinajstić information content (AvgIpc) is 3.19. The first-order valence-corrected chi connectivity index (χ1v) is 10.5. The Morgan fingerprint density at radius 3 is 2.91 bits per heavy atom. The van der Waals surface area contributed by atoms with E-state index in [4.69, 9.17) is 10.8 Å². The fraction of sp³-hybridized carbons (Fsp3) is 0.167. The zero-order valence-electron chi connectivity index (χ0n) is 17.6. The van der Waals surface area contributed by atoms with E-state index in [1.54, 1.807) is 4.68 Å². The Kier molecular flexibility index (Phi) is 5.01. The molecule has 0 spiro atoms. The maximum absolute atomic E-state index is 14.1. The number of rotatable bonds is 4. The molecule has 4 N–H and O–H groups in total. The highest BCUT2D eigenvalue weighted by molar-refractivity contribution is 5.99. The number of fused-ring (bicyclic) bond motifs is 2. The molecule has 33 heavy (non-hydrogen) atoms. The van der Waals surface area contributed by atoms with Gasteiger partial charge in [-0.2, -0.15) is 5.10 Å². The summed E-state index contributed by atoms with van der Waals surface area (Å²) in [7, 11) is 0. The lowest BCUT2D eigenvalue weighted by Crippen LogP contribution is -2.19. The topological polar surface area (TPSA) is 119 Å². The number of phenolic OH excluding ortho intramolecular Hbond substituents is 1. The molecule has 2 heterocycles. The number of aryl methyl sites for hydroxylation is 1. The van der Waals surface area contributed by atoms with Gasteiger partial charge in [0.2, 0.25) is 5.91 Å². The predicted molar refractivity (Wildman–Crippen MR) is 123 cm³/mol. The van der Waals surface area contributed by atoms with Gasteiger partial charge in [0.1, 0.15) is 29.4 Å². The standard InChI is InChI=1S/C24H21FN6O2/c1-2-20(33)29-16-7-6-13-4-3-5-19(18(13)11-16)31-24-21(23(26)27-12-28-24)22(30-31)14-8-15(25)10-17(32)9-14/h2,6-12,19,32H,1,3-5H2,(H,29,33)(H2,26,27,28). The molecule has 2 aromatic carbocycles. The molecule has 1 atom stereocenters. The third-order valence-corrected chi connectivity index (χ3v) is 5.85. The normalized spacial score (nSPS) is 15.2. The Hall–Kier alpha value is -4.27. The largest absolute Gasteiger partial charge is 0.508 e. The van der Waals surface area contributed by atoms with E-state index in [1.165, 1.54) is 24.5 Å². The number of carbonyl (C=O) groups is 1. The number of aromatic nitrogens is 4. The van der Waals surface area contributed by atoms with Crippen molar-refractivity contribution < 1.29 is 14.3 Å². The number of phenols is 1. The Bertz CT molecular complexity index is 1390. The SMILES string of the molecule is C=CC(=O)Nc1ccc2c(c1)C(n1nc(-c3cc(O)cc(F)c3)c3c(N)ncnc31)CCC2. The summed E-state index contributed by atoms with van der Waals surface area (Å²) < 4.78 is 15.8. The van der Waals surface area contributed by atoms with Crippen LogP contribution in [0.2, 0.25) is 0 Å². The highest BCUT2D eigenvalue weighted by Gasteiger charge is 2.28. The molecule has 4 aromatic rings. The lowest BCUT2D eigenvalue weighted by atomic mass is 9.87. The third-order valence-electron chi connectivity index (χ3n) is 5.85. The lowest BCUT2D eigenvalue weighted by Gasteiger charge is -2.26. The summed E-state index contributed by atoms with van der Waals surface area (Å²) >= 11 is 0. The Morgan fingerprint density at radius 1 is 1.27 bits per heavy atom. The fourth-order valence-corrected chi connectivity index (χ4v) is 4.42. The molecular weight excluding hydrogens is 423 g/mol. The molecule has 0 bridgehead atoms. The van der Waals surface area contributed by atoms with Crippen molar-refractivity contribution in [1.82, 2.24) is 19.7 Å². The molecule has 1 unspecified atom stereocenters. The van der Waals surface area contributed by atoms with Gasteiger partial charge in [-0.15, -0.1) is 0 Å². The second-order valence-electron chi connectivity index (χ2n) is 7.96. The first-order valence-electron chi connectivity index (χ1n) is 10.5. The molecule has 1 aliphatic carbocycles. The van der Waals surface area contributed by atoms with Crippen LogP contribution in [0, 0.1) is 5.82 Å². The van der Waals surface area contributed by atoms with Gasteiger partial charge in [-0.25, -0.2) is 19.0 Å². The molecule has 2 aromatic heterocycles. The smallest absolute Gasteiger partial charge is 0.247 e. The van der Waals surface area contributed by atoms with Crippen molar-refractivity contribution in [3.8, 4) is 17.0 Å². The second-order valence-corrected chi connectivity index (χ2v) is 7.96. The third kappa shape index (κ3) is 3.67. The van der Waals surface area contributed by atoms with E-state index in [1.807, 2.05) is 18.2 Å². The van der Waals surface area contributed by atoms with Crippen LogP contribution in [-0.4, -0.2) is 30.8 Å². The maximum Gasteiger partial charge on any atom is 0.247 e. The van der Waals surface area contributed by atoms with Gasteiger partial charge in [0.15, 0.2) is 5.65 Å². The molecule has 1 aliphatic rings. The maximum atomic E-state index is 14.1. The summed E-state index contributed by atoms with van der Waals surface area (Å²) in [6.07, 6.45) is 5.22. The molecule has 1 amide bonds.